The first kappa shape index (κ1) is 24.9. The monoisotopic (exact) mass is 487 g/mol. The van der Waals surface area contributed by atoms with Crippen molar-refractivity contribution in [1.82, 2.24) is 15.3 Å². The molecule has 2 aliphatic carbocycles. The van der Waals surface area contributed by atoms with Crippen LogP contribution in [-0.2, 0) is 11.2 Å². The quantitative estimate of drug-likeness (QED) is 0.490. The van der Waals surface area contributed by atoms with Crippen LogP contribution in [0.5, 0.6) is 5.88 Å². The van der Waals surface area contributed by atoms with Gasteiger partial charge < -0.3 is 19.9 Å². The van der Waals surface area contributed by atoms with Gasteiger partial charge in [-0.3, -0.25) is 0 Å². The van der Waals surface area contributed by atoms with Crippen molar-refractivity contribution in [2.24, 2.45) is 0 Å². The first-order chi connectivity index (χ1) is 16.1. The number of nitrogens with one attached hydrogen (secondary N) is 1. The largest absolute Gasteiger partial charge is 0.474 e. The Morgan fingerprint density at radius 3 is 2.74 bits per heavy atom. The van der Waals surface area contributed by atoms with Crippen molar-refractivity contribution < 1.29 is 19.4 Å². The van der Waals surface area contributed by atoms with Gasteiger partial charge in [0, 0.05) is 10.4 Å². The van der Waals surface area contributed by atoms with Crippen LogP contribution in [0.25, 0.3) is 10.2 Å². The molecule has 0 aliphatic heterocycles. The minimum Gasteiger partial charge on any atom is -0.474 e. The molecule has 8 heteroatoms. The molecule has 1 fully saturated rings. The van der Waals surface area contributed by atoms with Crippen LogP contribution in [0.15, 0.2) is 19.0 Å². The van der Waals surface area contributed by atoms with E-state index in [0.29, 0.717) is 12.3 Å². The summed E-state index contributed by atoms with van der Waals surface area (Å²) >= 11 is 1.72. The van der Waals surface area contributed by atoms with E-state index in [4.69, 9.17) is 9.47 Å². The lowest BCUT2D eigenvalue weighted by atomic mass is 9.78. The first-order valence-electron chi connectivity index (χ1n) is 12.4. The minimum atomic E-state index is -0.516. The van der Waals surface area contributed by atoms with E-state index in [1.54, 1.807) is 23.7 Å². The number of alkyl carbamates (subject to hydrolysis) is 1. The molecule has 7 nitrogen and oxygen atoms in total. The van der Waals surface area contributed by atoms with Crippen LogP contribution in [0.2, 0.25) is 0 Å². The maximum absolute atomic E-state index is 12.4. The normalized spacial score (nSPS) is 25.6. The number of aliphatic hydroxyl groups is 1. The van der Waals surface area contributed by atoms with Crippen molar-refractivity contribution >= 4 is 27.6 Å². The fourth-order valence-electron chi connectivity index (χ4n) is 5.26. The molecular formula is C26H37N3O4S. The van der Waals surface area contributed by atoms with Gasteiger partial charge in [0.15, 0.2) is 0 Å². The van der Waals surface area contributed by atoms with E-state index in [0.717, 1.165) is 55.2 Å². The summed E-state index contributed by atoms with van der Waals surface area (Å²) in [6.45, 7) is 11.5. The molecule has 2 aromatic heterocycles. The second-order valence-corrected chi connectivity index (χ2v) is 11.7. The van der Waals surface area contributed by atoms with Crippen LogP contribution in [0.4, 0.5) is 4.79 Å². The highest BCUT2D eigenvalue weighted by Gasteiger charge is 2.38. The van der Waals surface area contributed by atoms with E-state index in [1.165, 1.54) is 10.4 Å². The van der Waals surface area contributed by atoms with Gasteiger partial charge in [-0.15, -0.1) is 17.9 Å². The highest BCUT2D eigenvalue weighted by molar-refractivity contribution is 7.19. The SMILES string of the molecule is C=CC(O)CC1CCc2sc3ncnc(OC4CCC(CC)(NC(=O)OC(C)(C)C)CC4)c3c21. The maximum atomic E-state index is 12.4. The second-order valence-electron chi connectivity index (χ2n) is 10.7. The molecule has 2 unspecified atom stereocenters. The number of aryl methyl sites for hydroxylation is 1. The van der Waals surface area contributed by atoms with E-state index in [2.05, 4.69) is 28.8 Å². The molecule has 2 aliphatic rings. The maximum Gasteiger partial charge on any atom is 0.408 e. The highest BCUT2D eigenvalue weighted by atomic mass is 32.1. The third-order valence-electron chi connectivity index (χ3n) is 7.10. The van der Waals surface area contributed by atoms with Gasteiger partial charge >= 0.3 is 6.09 Å². The molecule has 186 valence electrons. The number of hydrogen-bond donors (Lipinski definition) is 2. The number of aromatic nitrogens is 2. The van der Waals surface area contributed by atoms with Crippen molar-refractivity contribution in [2.75, 3.05) is 0 Å². The number of carbonyl (C=O) groups is 1. The Morgan fingerprint density at radius 1 is 1.35 bits per heavy atom. The number of rotatable bonds is 7. The number of carbonyl (C=O) groups excluding carboxylic acids is 1. The van der Waals surface area contributed by atoms with Crippen LogP contribution in [0.1, 0.15) is 89.0 Å². The molecule has 34 heavy (non-hydrogen) atoms. The van der Waals surface area contributed by atoms with Crippen molar-refractivity contribution in [1.29, 1.82) is 0 Å². The topological polar surface area (TPSA) is 93.6 Å². The molecule has 2 N–H and O–H groups in total. The molecule has 2 heterocycles. The zero-order valence-corrected chi connectivity index (χ0v) is 21.5. The van der Waals surface area contributed by atoms with Gasteiger partial charge in [-0.2, -0.15) is 0 Å². The lowest BCUT2D eigenvalue weighted by Gasteiger charge is -2.40. The zero-order chi connectivity index (χ0) is 24.5. The number of amides is 1. The second kappa shape index (κ2) is 9.82. The van der Waals surface area contributed by atoms with Crippen LogP contribution < -0.4 is 10.1 Å². The van der Waals surface area contributed by atoms with E-state index in [-0.39, 0.29) is 23.7 Å². The third kappa shape index (κ3) is 5.38. The number of aliphatic hydroxyl groups excluding tert-OH is 1. The van der Waals surface area contributed by atoms with Gasteiger partial charge in [0.1, 0.15) is 22.9 Å². The fourth-order valence-corrected chi connectivity index (χ4v) is 6.49. The summed E-state index contributed by atoms with van der Waals surface area (Å²) in [5, 5.41) is 14.3. The Labute approximate surface area is 206 Å². The summed E-state index contributed by atoms with van der Waals surface area (Å²) in [4.78, 5) is 23.7. The van der Waals surface area contributed by atoms with E-state index in [9.17, 15) is 9.90 Å². The Balaban J connectivity index is 1.47. The Morgan fingerprint density at radius 2 is 2.09 bits per heavy atom. The molecule has 2 atom stereocenters. The van der Waals surface area contributed by atoms with Crippen molar-refractivity contribution in [3.8, 4) is 5.88 Å². The molecule has 1 amide bonds. The highest BCUT2D eigenvalue weighted by Crippen LogP contribution is 2.48. The van der Waals surface area contributed by atoms with Crippen LogP contribution in [-0.4, -0.2) is 44.5 Å². The smallest absolute Gasteiger partial charge is 0.408 e. The number of ether oxygens (including phenoxy) is 2. The third-order valence-corrected chi connectivity index (χ3v) is 8.28. The Hall–Kier alpha value is -2.19. The number of nitrogens with zero attached hydrogens (tertiary/aromatic N) is 2. The molecular weight excluding hydrogens is 450 g/mol. The van der Waals surface area contributed by atoms with Gasteiger partial charge in [0.05, 0.1) is 11.5 Å². The predicted octanol–water partition coefficient (Wildman–Crippen LogP) is 5.65. The van der Waals surface area contributed by atoms with Gasteiger partial charge in [0.25, 0.3) is 0 Å². The minimum absolute atomic E-state index is 0.0346. The predicted molar refractivity (Wildman–Crippen MR) is 135 cm³/mol. The summed E-state index contributed by atoms with van der Waals surface area (Å²) in [6.07, 6.45) is 9.22. The number of fused-ring (bicyclic) bond motifs is 3. The fraction of sp³-hybridized carbons (Fsp3) is 0.654. The summed E-state index contributed by atoms with van der Waals surface area (Å²) in [7, 11) is 0. The molecule has 0 radical (unpaired) electrons. The van der Waals surface area contributed by atoms with E-state index >= 15 is 0 Å². The van der Waals surface area contributed by atoms with Crippen LogP contribution >= 0.6 is 11.3 Å². The number of hydrogen-bond acceptors (Lipinski definition) is 7. The van der Waals surface area contributed by atoms with Gasteiger partial charge in [-0.1, -0.05) is 13.0 Å². The first-order valence-corrected chi connectivity index (χ1v) is 13.2. The summed E-state index contributed by atoms with van der Waals surface area (Å²) in [5.41, 5.74) is 0.471. The summed E-state index contributed by atoms with van der Waals surface area (Å²) in [6, 6.07) is 0. The lowest BCUT2D eigenvalue weighted by molar-refractivity contribution is 0.0355. The number of thiophene rings is 1. The van der Waals surface area contributed by atoms with Gasteiger partial charge in [0.2, 0.25) is 5.88 Å². The Bertz CT molecular complexity index is 1040. The molecule has 0 aromatic carbocycles. The average molecular weight is 488 g/mol. The van der Waals surface area contributed by atoms with Gasteiger partial charge in [-0.05, 0) is 83.6 Å². The molecule has 0 bridgehead atoms. The zero-order valence-electron chi connectivity index (χ0n) is 20.7. The van der Waals surface area contributed by atoms with Crippen LogP contribution in [0.3, 0.4) is 0 Å². The van der Waals surface area contributed by atoms with Crippen molar-refractivity contribution in [3.63, 3.8) is 0 Å². The summed E-state index contributed by atoms with van der Waals surface area (Å²) in [5.74, 6) is 0.916. The molecule has 2 aromatic rings. The van der Waals surface area contributed by atoms with E-state index < -0.39 is 11.7 Å². The summed E-state index contributed by atoms with van der Waals surface area (Å²) < 4.78 is 12.0. The van der Waals surface area contributed by atoms with E-state index in [1.807, 2.05) is 20.8 Å². The van der Waals surface area contributed by atoms with Crippen molar-refractivity contribution in [2.45, 2.75) is 108 Å². The van der Waals surface area contributed by atoms with Crippen LogP contribution in [0, 0.1) is 0 Å². The van der Waals surface area contributed by atoms with Gasteiger partial charge in [-0.25, -0.2) is 14.8 Å². The standard InChI is InChI=1S/C26H37N3O4S/c1-6-17(30)14-16-8-9-19-20(16)21-22(27-15-28-23(21)34-19)32-18-10-12-26(7-2,13-11-18)29-24(31)33-25(3,4)5/h6,15-18,30H,1,7-14H2,2-5H3,(H,29,31). The molecule has 4 rings (SSSR count). The Kier molecular flexibility index (Phi) is 7.20. The molecule has 0 saturated heterocycles. The molecule has 1 saturated carbocycles. The van der Waals surface area contributed by atoms with Crippen molar-refractivity contribution in [3.05, 3.63) is 29.4 Å². The molecule has 0 spiro atoms. The lowest BCUT2D eigenvalue weighted by Crippen LogP contribution is -2.52. The average Bonchev–Trinajstić information content (AvgIpc) is 3.34.